The zero-order chi connectivity index (χ0) is 13.6. The number of hydrogen-bond donors (Lipinski definition) is 1. The van der Waals surface area contributed by atoms with Crippen molar-refractivity contribution in [3.63, 3.8) is 0 Å². The summed E-state index contributed by atoms with van der Waals surface area (Å²) in [6.45, 7) is 1.48. The third-order valence-electron chi connectivity index (χ3n) is 3.25. The maximum absolute atomic E-state index is 13.3. The van der Waals surface area contributed by atoms with Gasteiger partial charge in [0.1, 0.15) is 5.82 Å². The summed E-state index contributed by atoms with van der Waals surface area (Å²) >= 11 is 9.53. The Kier molecular flexibility index (Phi) is 3.15. The van der Waals surface area contributed by atoms with Crippen LogP contribution in [0.5, 0.6) is 0 Å². The first-order chi connectivity index (χ1) is 9.04. The fourth-order valence-electron chi connectivity index (χ4n) is 2.41. The van der Waals surface area contributed by atoms with Crippen LogP contribution in [0.1, 0.15) is 11.1 Å². The molecule has 0 bridgehead atoms. The molecule has 1 heterocycles. The van der Waals surface area contributed by atoms with E-state index in [0.717, 1.165) is 24.5 Å². The minimum absolute atomic E-state index is 0.346. The summed E-state index contributed by atoms with van der Waals surface area (Å²) in [7, 11) is 0. The van der Waals surface area contributed by atoms with Gasteiger partial charge in [0.15, 0.2) is 0 Å². The maximum atomic E-state index is 13.3. The van der Waals surface area contributed by atoms with E-state index in [2.05, 4.69) is 20.8 Å². The van der Waals surface area contributed by atoms with Crippen molar-refractivity contribution in [3.8, 4) is 0 Å². The van der Waals surface area contributed by atoms with E-state index in [1.165, 1.54) is 23.3 Å². The Bertz CT molecular complexity index is 637. The molecule has 3 rings (SSSR count). The van der Waals surface area contributed by atoms with Crippen LogP contribution >= 0.6 is 27.5 Å². The van der Waals surface area contributed by atoms with Gasteiger partial charge in [-0.05, 0) is 51.3 Å². The van der Waals surface area contributed by atoms with Crippen molar-refractivity contribution in [3.05, 3.63) is 56.8 Å². The van der Waals surface area contributed by atoms with E-state index in [1.54, 1.807) is 0 Å². The molecule has 0 saturated heterocycles. The Labute approximate surface area is 124 Å². The molecule has 2 N–H and O–H groups in total. The van der Waals surface area contributed by atoms with Crippen molar-refractivity contribution in [2.45, 2.75) is 13.1 Å². The molecule has 2 aromatic carbocycles. The van der Waals surface area contributed by atoms with Crippen LogP contribution in [0.2, 0.25) is 5.02 Å². The monoisotopic (exact) mass is 340 g/mol. The average molecular weight is 342 g/mol. The summed E-state index contributed by atoms with van der Waals surface area (Å²) in [6.07, 6.45) is 0. The van der Waals surface area contributed by atoms with E-state index in [9.17, 15) is 4.39 Å². The molecule has 0 amide bonds. The fourth-order valence-corrected chi connectivity index (χ4v) is 3.53. The summed E-state index contributed by atoms with van der Waals surface area (Å²) in [5.74, 6) is -0.346. The first kappa shape index (κ1) is 12.8. The van der Waals surface area contributed by atoms with Gasteiger partial charge in [-0.15, -0.1) is 0 Å². The van der Waals surface area contributed by atoms with Crippen molar-refractivity contribution >= 4 is 38.9 Å². The number of fused-ring (bicyclic) bond motifs is 1. The molecule has 0 aromatic heterocycles. The Morgan fingerprint density at radius 2 is 1.89 bits per heavy atom. The topological polar surface area (TPSA) is 29.3 Å². The third-order valence-corrected chi connectivity index (χ3v) is 4.14. The second-order valence-corrected chi connectivity index (χ2v) is 5.86. The van der Waals surface area contributed by atoms with Gasteiger partial charge >= 0.3 is 0 Å². The number of benzene rings is 2. The third kappa shape index (κ3) is 2.30. The second kappa shape index (κ2) is 4.69. The zero-order valence-electron chi connectivity index (χ0n) is 9.96. The van der Waals surface area contributed by atoms with Crippen LogP contribution in [0.3, 0.4) is 0 Å². The van der Waals surface area contributed by atoms with E-state index in [0.29, 0.717) is 9.50 Å². The van der Waals surface area contributed by atoms with Gasteiger partial charge in [-0.1, -0.05) is 17.7 Å². The van der Waals surface area contributed by atoms with E-state index in [4.69, 9.17) is 17.3 Å². The van der Waals surface area contributed by atoms with E-state index in [1.807, 2.05) is 18.2 Å². The lowest BCUT2D eigenvalue weighted by Crippen LogP contribution is -2.15. The van der Waals surface area contributed by atoms with Crippen LogP contribution in [0.15, 0.2) is 34.8 Å². The van der Waals surface area contributed by atoms with E-state index < -0.39 is 0 Å². The van der Waals surface area contributed by atoms with Crippen LogP contribution in [-0.2, 0) is 13.1 Å². The molecule has 0 spiro atoms. The average Bonchev–Trinajstić information content (AvgIpc) is 2.69. The highest BCUT2D eigenvalue weighted by molar-refractivity contribution is 9.10. The molecule has 0 aliphatic carbocycles. The van der Waals surface area contributed by atoms with Gasteiger partial charge < -0.3 is 10.6 Å². The molecule has 0 atom stereocenters. The lowest BCUT2D eigenvalue weighted by atomic mass is 10.1. The first-order valence-corrected chi connectivity index (χ1v) is 6.98. The molecule has 2 aromatic rings. The van der Waals surface area contributed by atoms with Gasteiger partial charge in [0.25, 0.3) is 0 Å². The van der Waals surface area contributed by atoms with Crippen LogP contribution < -0.4 is 10.6 Å². The number of nitrogens with two attached hydrogens (primary N) is 1. The van der Waals surface area contributed by atoms with E-state index in [-0.39, 0.29) is 5.82 Å². The summed E-state index contributed by atoms with van der Waals surface area (Å²) < 4.78 is 13.9. The molecule has 0 radical (unpaired) electrons. The molecule has 1 aliphatic heterocycles. The van der Waals surface area contributed by atoms with Crippen molar-refractivity contribution in [1.29, 1.82) is 0 Å². The second-order valence-electron chi connectivity index (χ2n) is 4.60. The fraction of sp³-hybridized carbons (Fsp3) is 0.143. The van der Waals surface area contributed by atoms with Crippen molar-refractivity contribution in [1.82, 2.24) is 0 Å². The maximum Gasteiger partial charge on any atom is 0.125 e. The molecule has 98 valence electrons. The van der Waals surface area contributed by atoms with Crippen LogP contribution in [0.4, 0.5) is 15.8 Å². The normalized spacial score (nSPS) is 13.7. The summed E-state index contributed by atoms with van der Waals surface area (Å²) in [4.78, 5) is 2.11. The molecule has 5 heteroatoms. The number of hydrogen-bond acceptors (Lipinski definition) is 2. The van der Waals surface area contributed by atoms with E-state index >= 15 is 0 Å². The molecular formula is C14H11BrClFN2. The number of nitrogens with zero attached hydrogens (tertiary/aromatic N) is 1. The minimum Gasteiger partial charge on any atom is -0.399 e. The van der Waals surface area contributed by atoms with Crippen LogP contribution in [0, 0.1) is 5.82 Å². The minimum atomic E-state index is -0.346. The molecule has 0 unspecified atom stereocenters. The zero-order valence-corrected chi connectivity index (χ0v) is 12.3. The molecule has 19 heavy (non-hydrogen) atoms. The Hall–Kier alpha value is -1.26. The highest BCUT2D eigenvalue weighted by atomic mass is 79.9. The van der Waals surface area contributed by atoms with Gasteiger partial charge in [-0.2, -0.15) is 0 Å². The molecule has 0 fully saturated rings. The lowest BCUT2D eigenvalue weighted by molar-refractivity contribution is 0.626. The molecule has 2 nitrogen and oxygen atoms in total. The highest BCUT2D eigenvalue weighted by Crippen LogP contribution is 2.39. The van der Waals surface area contributed by atoms with Crippen molar-refractivity contribution < 1.29 is 4.39 Å². The number of nitrogen functional groups attached to an aromatic ring is 1. The lowest BCUT2D eigenvalue weighted by Gasteiger charge is -2.21. The first-order valence-electron chi connectivity index (χ1n) is 5.81. The highest BCUT2D eigenvalue weighted by Gasteiger charge is 2.23. The molecule has 0 saturated carbocycles. The summed E-state index contributed by atoms with van der Waals surface area (Å²) in [6, 6.07) is 8.65. The van der Waals surface area contributed by atoms with Crippen molar-refractivity contribution in [2.75, 3.05) is 10.6 Å². The number of rotatable bonds is 1. The predicted octanol–water partition coefficient (Wildman–Crippen LogP) is 4.34. The standard InChI is InChI=1S/C14H11BrClFN2/c15-12-4-10(17)5-13(16)14(12)19-6-8-1-2-11(18)3-9(8)7-19/h1-5H,6-7,18H2. The Morgan fingerprint density at radius 1 is 1.16 bits per heavy atom. The smallest absolute Gasteiger partial charge is 0.125 e. The summed E-state index contributed by atoms with van der Waals surface area (Å²) in [5.41, 5.74) is 9.77. The summed E-state index contributed by atoms with van der Waals surface area (Å²) in [5, 5.41) is 0.410. The molecule has 1 aliphatic rings. The van der Waals surface area contributed by atoms with Gasteiger partial charge in [-0.3, -0.25) is 0 Å². The predicted molar refractivity (Wildman–Crippen MR) is 79.9 cm³/mol. The van der Waals surface area contributed by atoms with Crippen molar-refractivity contribution in [2.24, 2.45) is 0 Å². The van der Waals surface area contributed by atoms with Gasteiger partial charge in [0, 0.05) is 23.2 Å². The molecular weight excluding hydrogens is 331 g/mol. The quantitative estimate of drug-likeness (QED) is 0.782. The van der Waals surface area contributed by atoms with Gasteiger partial charge in [-0.25, -0.2) is 4.39 Å². The largest absolute Gasteiger partial charge is 0.399 e. The van der Waals surface area contributed by atoms with Crippen LogP contribution in [-0.4, -0.2) is 0 Å². The number of anilines is 2. The Morgan fingerprint density at radius 3 is 2.63 bits per heavy atom. The van der Waals surface area contributed by atoms with Crippen LogP contribution in [0.25, 0.3) is 0 Å². The SMILES string of the molecule is Nc1ccc2c(c1)CN(c1c(Cl)cc(F)cc1Br)C2. The number of halogens is 3. The van der Waals surface area contributed by atoms with Gasteiger partial charge in [0.05, 0.1) is 10.7 Å². The Balaban J connectivity index is 1.99. The van der Waals surface area contributed by atoms with Gasteiger partial charge in [0.2, 0.25) is 0 Å².